The van der Waals surface area contributed by atoms with Gasteiger partial charge in [0.05, 0.1) is 11.9 Å². The van der Waals surface area contributed by atoms with Gasteiger partial charge in [-0.15, -0.1) is 11.3 Å². The summed E-state index contributed by atoms with van der Waals surface area (Å²) < 4.78 is 4.70. The lowest BCUT2D eigenvalue weighted by atomic mass is 10.3. The Morgan fingerprint density at radius 1 is 1.38 bits per heavy atom. The van der Waals surface area contributed by atoms with E-state index in [4.69, 9.17) is 10.5 Å². The first-order valence-electron chi connectivity index (χ1n) is 6.78. The Hall–Kier alpha value is -2.09. The van der Waals surface area contributed by atoms with Gasteiger partial charge in [-0.3, -0.25) is 0 Å². The highest BCUT2D eigenvalue weighted by Gasteiger charge is 2.10. The minimum atomic E-state index is -0.777. The second kappa shape index (κ2) is 7.07. The molecule has 2 rings (SSSR count). The highest BCUT2D eigenvalue weighted by atomic mass is 32.1. The average molecular weight is 309 g/mol. The summed E-state index contributed by atoms with van der Waals surface area (Å²) in [5.41, 5.74) is 4.92. The molecular weight excluding hydrogens is 290 g/mol. The van der Waals surface area contributed by atoms with Crippen molar-refractivity contribution in [3.8, 4) is 0 Å². The molecule has 0 saturated heterocycles. The molecule has 0 aromatic carbocycles. The molecule has 0 aliphatic heterocycles. The van der Waals surface area contributed by atoms with Crippen LogP contribution < -0.4 is 16.4 Å². The molecular formula is C13H19N5O2S. The summed E-state index contributed by atoms with van der Waals surface area (Å²) in [5.74, 6) is 1.33. The predicted molar refractivity (Wildman–Crippen MR) is 85.0 cm³/mol. The molecule has 8 heteroatoms. The molecule has 0 atom stereocenters. The van der Waals surface area contributed by atoms with Gasteiger partial charge in [-0.2, -0.15) is 4.98 Å². The Bertz CT molecular complexity index is 628. The van der Waals surface area contributed by atoms with Gasteiger partial charge < -0.3 is 21.1 Å². The molecule has 0 fully saturated rings. The number of carbonyl (C=O) groups excluding carboxylic acids is 1. The average Bonchev–Trinajstić information content (AvgIpc) is 2.81. The standard InChI is InChI=1S/C13H19N5O2S/c1-3-4-16-13-17-10(15-5-6-20-12(14)19)9-7-8(2)21-11(9)18-13/h7H,3-6H2,1-2H3,(H2,14,19)(H2,15,16,17,18). The number of primary amides is 1. The third-order valence-corrected chi connectivity index (χ3v) is 3.63. The Kier molecular flexibility index (Phi) is 5.15. The molecule has 21 heavy (non-hydrogen) atoms. The molecule has 0 spiro atoms. The van der Waals surface area contributed by atoms with Crippen LogP contribution in [0.15, 0.2) is 6.07 Å². The first-order chi connectivity index (χ1) is 10.1. The second-order valence-corrected chi connectivity index (χ2v) is 5.73. The van der Waals surface area contributed by atoms with Crippen LogP contribution in [0, 0.1) is 6.92 Å². The molecule has 0 saturated carbocycles. The van der Waals surface area contributed by atoms with E-state index in [1.54, 1.807) is 11.3 Å². The van der Waals surface area contributed by atoms with E-state index in [1.165, 1.54) is 4.88 Å². The van der Waals surface area contributed by atoms with Gasteiger partial charge in [0.2, 0.25) is 5.95 Å². The number of nitrogens with zero attached hydrogens (tertiary/aromatic N) is 2. The molecule has 2 aromatic heterocycles. The Labute approximate surface area is 126 Å². The zero-order valence-electron chi connectivity index (χ0n) is 12.1. The fraction of sp³-hybridized carbons (Fsp3) is 0.462. The number of aryl methyl sites for hydroxylation is 1. The monoisotopic (exact) mass is 309 g/mol. The number of amides is 1. The Balaban J connectivity index is 2.16. The van der Waals surface area contributed by atoms with Crippen molar-refractivity contribution in [1.82, 2.24) is 9.97 Å². The van der Waals surface area contributed by atoms with E-state index in [2.05, 4.69) is 27.5 Å². The molecule has 114 valence electrons. The summed E-state index contributed by atoms with van der Waals surface area (Å²) >= 11 is 1.62. The molecule has 1 amide bonds. The van der Waals surface area contributed by atoms with Crippen molar-refractivity contribution < 1.29 is 9.53 Å². The maximum absolute atomic E-state index is 10.5. The van der Waals surface area contributed by atoms with Crippen LogP contribution in [-0.2, 0) is 4.74 Å². The second-order valence-electron chi connectivity index (χ2n) is 4.49. The van der Waals surface area contributed by atoms with Gasteiger partial charge in [-0.1, -0.05) is 6.92 Å². The molecule has 0 bridgehead atoms. The van der Waals surface area contributed by atoms with E-state index in [0.29, 0.717) is 12.5 Å². The van der Waals surface area contributed by atoms with Gasteiger partial charge in [0.15, 0.2) is 0 Å². The summed E-state index contributed by atoms with van der Waals surface area (Å²) in [4.78, 5) is 21.6. The number of ether oxygens (including phenoxy) is 1. The number of nitrogens with one attached hydrogen (secondary N) is 2. The topological polar surface area (TPSA) is 102 Å². The smallest absolute Gasteiger partial charge is 0.404 e. The SMILES string of the molecule is CCCNc1nc(NCCOC(N)=O)c2cc(C)sc2n1. The van der Waals surface area contributed by atoms with Crippen LogP contribution in [0.1, 0.15) is 18.2 Å². The molecule has 0 unspecified atom stereocenters. The molecule has 4 N–H and O–H groups in total. The Morgan fingerprint density at radius 2 is 2.19 bits per heavy atom. The number of thiophene rings is 1. The van der Waals surface area contributed by atoms with Gasteiger partial charge in [0.25, 0.3) is 0 Å². The lowest BCUT2D eigenvalue weighted by Crippen LogP contribution is -2.19. The van der Waals surface area contributed by atoms with Crippen molar-refractivity contribution in [3.05, 3.63) is 10.9 Å². The van der Waals surface area contributed by atoms with Crippen molar-refractivity contribution in [2.75, 3.05) is 30.3 Å². The maximum atomic E-state index is 10.5. The molecule has 2 aromatic rings. The third kappa shape index (κ3) is 4.19. The van der Waals surface area contributed by atoms with E-state index in [0.717, 1.165) is 29.0 Å². The molecule has 0 aliphatic rings. The van der Waals surface area contributed by atoms with Crippen molar-refractivity contribution in [3.63, 3.8) is 0 Å². The fourth-order valence-electron chi connectivity index (χ4n) is 1.81. The lowest BCUT2D eigenvalue weighted by Gasteiger charge is -2.09. The largest absolute Gasteiger partial charge is 0.448 e. The van der Waals surface area contributed by atoms with E-state index >= 15 is 0 Å². The number of carbonyl (C=O) groups is 1. The third-order valence-electron chi connectivity index (χ3n) is 2.69. The van der Waals surface area contributed by atoms with Crippen LogP contribution in [0.5, 0.6) is 0 Å². The van der Waals surface area contributed by atoms with Gasteiger partial charge >= 0.3 is 6.09 Å². The number of fused-ring (bicyclic) bond motifs is 1. The number of nitrogens with two attached hydrogens (primary N) is 1. The molecule has 7 nitrogen and oxygen atoms in total. The number of anilines is 2. The summed E-state index contributed by atoms with van der Waals surface area (Å²) in [6.45, 7) is 5.57. The summed E-state index contributed by atoms with van der Waals surface area (Å²) in [6.07, 6.45) is 0.224. The first kappa shape index (κ1) is 15.3. The van der Waals surface area contributed by atoms with E-state index in [-0.39, 0.29) is 6.61 Å². The van der Waals surface area contributed by atoms with Crippen LogP contribution in [0.4, 0.5) is 16.6 Å². The zero-order chi connectivity index (χ0) is 15.2. The molecule has 0 aliphatic carbocycles. The predicted octanol–water partition coefficient (Wildman–Crippen LogP) is 2.33. The summed E-state index contributed by atoms with van der Waals surface area (Å²) in [6, 6.07) is 2.04. The Morgan fingerprint density at radius 3 is 2.90 bits per heavy atom. The zero-order valence-corrected chi connectivity index (χ0v) is 12.9. The lowest BCUT2D eigenvalue weighted by molar-refractivity contribution is 0.161. The van der Waals surface area contributed by atoms with Crippen molar-refractivity contribution in [2.45, 2.75) is 20.3 Å². The van der Waals surface area contributed by atoms with Crippen LogP contribution in [0.2, 0.25) is 0 Å². The van der Waals surface area contributed by atoms with Crippen LogP contribution in [0.25, 0.3) is 10.2 Å². The number of aromatic nitrogens is 2. The molecule has 0 radical (unpaired) electrons. The number of hydrogen-bond donors (Lipinski definition) is 3. The van der Waals surface area contributed by atoms with E-state index in [1.807, 2.05) is 13.0 Å². The van der Waals surface area contributed by atoms with Crippen molar-refractivity contribution >= 4 is 39.4 Å². The van der Waals surface area contributed by atoms with Crippen molar-refractivity contribution in [1.29, 1.82) is 0 Å². The van der Waals surface area contributed by atoms with Gasteiger partial charge in [0, 0.05) is 11.4 Å². The van der Waals surface area contributed by atoms with Crippen LogP contribution in [-0.4, -0.2) is 35.8 Å². The number of hydrogen-bond acceptors (Lipinski definition) is 7. The number of rotatable bonds is 7. The minimum absolute atomic E-state index is 0.196. The maximum Gasteiger partial charge on any atom is 0.404 e. The van der Waals surface area contributed by atoms with E-state index < -0.39 is 6.09 Å². The van der Waals surface area contributed by atoms with Gasteiger partial charge in [-0.05, 0) is 19.4 Å². The van der Waals surface area contributed by atoms with Crippen LogP contribution in [0.3, 0.4) is 0 Å². The summed E-state index contributed by atoms with van der Waals surface area (Å²) in [5, 5.41) is 7.31. The normalized spacial score (nSPS) is 10.6. The van der Waals surface area contributed by atoms with Gasteiger partial charge in [0.1, 0.15) is 17.3 Å². The fourth-order valence-corrected chi connectivity index (χ4v) is 2.69. The highest BCUT2D eigenvalue weighted by Crippen LogP contribution is 2.29. The minimum Gasteiger partial charge on any atom is -0.448 e. The van der Waals surface area contributed by atoms with E-state index in [9.17, 15) is 4.79 Å². The van der Waals surface area contributed by atoms with Crippen molar-refractivity contribution in [2.24, 2.45) is 5.73 Å². The first-order valence-corrected chi connectivity index (χ1v) is 7.60. The molecule has 2 heterocycles. The van der Waals surface area contributed by atoms with Gasteiger partial charge in [-0.25, -0.2) is 9.78 Å². The van der Waals surface area contributed by atoms with Crippen LogP contribution >= 0.6 is 11.3 Å². The highest BCUT2D eigenvalue weighted by molar-refractivity contribution is 7.18. The summed E-state index contributed by atoms with van der Waals surface area (Å²) in [7, 11) is 0. The quantitative estimate of drug-likeness (QED) is 0.678.